The van der Waals surface area contributed by atoms with Crippen LogP contribution < -0.4 is 20.7 Å². The third-order valence-corrected chi connectivity index (χ3v) is 6.11. The largest absolute Gasteiger partial charge is 0.412 e. The molecule has 1 fully saturated rings. The Hall–Kier alpha value is -3.62. The van der Waals surface area contributed by atoms with Crippen molar-refractivity contribution in [2.75, 3.05) is 5.32 Å². The summed E-state index contributed by atoms with van der Waals surface area (Å²) in [4.78, 5) is 39.2. The smallest absolute Gasteiger partial charge is 0.408 e. The summed E-state index contributed by atoms with van der Waals surface area (Å²) < 4.78 is 19.3. The SMILES string of the molecule is CC(=O)NC1CCC(NC(=O)Oc2c(C)[nH]c(/C=C3\C(=O)Nc4ccc(F)cc43)c2C)CC1. The van der Waals surface area contributed by atoms with Crippen molar-refractivity contribution in [1.29, 1.82) is 0 Å². The van der Waals surface area contributed by atoms with E-state index in [1.54, 1.807) is 19.9 Å². The molecule has 9 heteroatoms. The van der Waals surface area contributed by atoms with Gasteiger partial charge in [-0.25, -0.2) is 9.18 Å². The summed E-state index contributed by atoms with van der Waals surface area (Å²) >= 11 is 0. The number of rotatable bonds is 4. The number of benzene rings is 1. The number of hydrogen-bond acceptors (Lipinski definition) is 4. The molecule has 1 aliphatic carbocycles. The number of H-pyrrole nitrogens is 1. The second-order valence-electron chi connectivity index (χ2n) is 8.60. The Bertz CT molecular complexity index is 1150. The van der Waals surface area contributed by atoms with Gasteiger partial charge in [0.1, 0.15) is 5.82 Å². The molecular formula is C24H27FN4O4. The molecule has 1 saturated carbocycles. The van der Waals surface area contributed by atoms with Crippen LogP contribution >= 0.6 is 0 Å². The van der Waals surface area contributed by atoms with E-state index < -0.39 is 11.9 Å². The summed E-state index contributed by atoms with van der Waals surface area (Å²) in [5, 5.41) is 8.53. The molecule has 2 heterocycles. The second-order valence-corrected chi connectivity index (χ2v) is 8.60. The average Bonchev–Trinajstić information content (AvgIpc) is 3.19. The zero-order valence-electron chi connectivity index (χ0n) is 18.8. The Labute approximate surface area is 191 Å². The molecule has 8 nitrogen and oxygen atoms in total. The fourth-order valence-electron chi connectivity index (χ4n) is 4.46. The maximum atomic E-state index is 13.7. The first-order valence-corrected chi connectivity index (χ1v) is 11.0. The fourth-order valence-corrected chi connectivity index (χ4v) is 4.46. The zero-order chi connectivity index (χ0) is 23.7. The van der Waals surface area contributed by atoms with Crippen LogP contribution in [0.1, 0.15) is 55.1 Å². The van der Waals surface area contributed by atoms with E-state index in [0.717, 1.165) is 25.7 Å². The summed E-state index contributed by atoms with van der Waals surface area (Å²) in [7, 11) is 0. The van der Waals surface area contributed by atoms with Crippen LogP contribution in [0.5, 0.6) is 5.75 Å². The molecule has 0 saturated heterocycles. The van der Waals surface area contributed by atoms with Gasteiger partial charge in [0, 0.05) is 41.5 Å². The predicted molar refractivity (Wildman–Crippen MR) is 122 cm³/mol. The molecule has 0 atom stereocenters. The van der Waals surface area contributed by atoms with Crippen molar-refractivity contribution in [3.63, 3.8) is 0 Å². The van der Waals surface area contributed by atoms with Crippen molar-refractivity contribution in [2.45, 2.75) is 58.5 Å². The molecule has 0 bridgehead atoms. The lowest BCUT2D eigenvalue weighted by Gasteiger charge is -2.29. The van der Waals surface area contributed by atoms with Crippen LogP contribution in [0.4, 0.5) is 14.9 Å². The van der Waals surface area contributed by atoms with Gasteiger partial charge in [-0.2, -0.15) is 0 Å². The Morgan fingerprint density at radius 1 is 1.12 bits per heavy atom. The Balaban J connectivity index is 1.44. The summed E-state index contributed by atoms with van der Waals surface area (Å²) in [5.41, 5.74) is 3.29. The molecule has 33 heavy (non-hydrogen) atoms. The van der Waals surface area contributed by atoms with E-state index in [9.17, 15) is 18.8 Å². The summed E-state index contributed by atoms with van der Waals surface area (Å²) in [6.45, 7) is 5.07. The van der Waals surface area contributed by atoms with Crippen molar-refractivity contribution in [3.8, 4) is 5.75 Å². The van der Waals surface area contributed by atoms with Crippen LogP contribution in [0.2, 0.25) is 0 Å². The molecule has 0 radical (unpaired) electrons. The molecule has 0 spiro atoms. The van der Waals surface area contributed by atoms with Crippen LogP contribution in [-0.4, -0.2) is 35.0 Å². The molecule has 4 N–H and O–H groups in total. The lowest BCUT2D eigenvalue weighted by Crippen LogP contribution is -2.44. The quantitative estimate of drug-likeness (QED) is 0.527. The van der Waals surface area contributed by atoms with Gasteiger partial charge in [0.2, 0.25) is 5.91 Å². The first-order chi connectivity index (χ1) is 15.7. The minimum Gasteiger partial charge on any atom is -0.408 e. The molecule has 4 rings (SSSR count). The number of anilines is 1. The van der Waals surface area contributed by atoms with E-state index in [0.29, 0.717) is 39.5 Å². The number of nitrogens with one attached hydrogen (secondary N) is 4. The number of ether oxygens (including phenoxy) is 1. The summed E-state index contributed by atoms with van der Waals surface area (Å²) in [5.74, 6) is -0.400. The van der Waals surface area contributed by atoms with Crippen LogP contribution in [0.3, 0.4) is 0 Å². The maximum Gasteiger partial charge on any atom is 0.412 e. The summed E-state index contributed by atoms with van der Waals surface area (Å²) in [6.07, 6.45) is 4.20. The third kappa shape index (κ3) is 4.92. The van der Waals surface area contributed by atoms with E-state index in [2.05, 4.69) is 20.9 Å². The van der Waals surface area contributed by atoms with Crippen LogP contribution in [0.15, 0.2) is 18.2 Å². The second kappa shape index (κ2) is 9.09. The van der Waals surface area contributed by atoms with Gasteiger partial charge in [0.15, 0.2) is 5.75 Å². The highest BCUT2D eigenvalue weighted by Crippen LogP contribution is 2.35. The number of aryl methyl sites for hydroxylation is 1. The van der Waals surface area contributed by atoms with Gasteiger partial charge >= 0.3 is 6.09 Å². The first-order valence-electron chi connectivity index (χ1n) is 11.0. The third-order valence-electron chi connectivity index (χ3n) is 6.11. The standard InChI is InChI=1S/C24H27FN4O4/c1-12-21(11-19-18-10-15(25)4-9-20(18)29-23(19)31)26-13(2)22(12)33-24(32)28-17-7-5-16(6-8-17)27-14(3)30/h4,9-11,16-17,26H,5-8H2,1-3H3,(H,27,30)(H,28,32)(H,29,31)/b19-11-. The molecule has 1 aromatic carbocycles. The molecule has 2 aromatic rings. The fraction of sp³-hybridized carbons (Fsp3) is 0.375. The molecule has 3 amide bonds. The number of aromatic amines is 1. The van der Waals surface area contributed by atoms with Gasteiger partial charge in [0.25, 0.3) is 5.91 Å². The van der Waals surface area contributed by atoms with Crippen molar-refractivity contribution in [3.05, 3.63) is 46.5 Å². The van der Waals surface area contributed by atoms with Gasteiger partial charge < -0.3 is 25.7 Å². The predicted octanol–water partition coefficient (Wildman–Crippen LogP) is 3.80. The van der Waals surface area contributed by atoms with Crippen molar-refractivity contribution < 1.29 is 23.5 Å². The molecular weight excluding hydrogens is 427 g/mol. The lowest BCUT2D eigenvalue weighted by atomic mass is 9.91. The minimum atomic E-state index is -0.548. The number of fused-ring (bicyclic) bond motifs is 1. The monoisotopic (exact) mass is 454 g/mol. The molecule has 174 valence electrons. The Morgan fingerprint density at radius 2 is 1.79 bits per heavy atom. The van der Waals surface area contributed by atoms with Crippen LogP contribution in [0, 0.1) is 19.7 Å². The van der Waals surface area contributed by atoms with Gasteiger partial charge in [-0.15, -0.1) is 0 Å². The van der Waals surface area contributed by atoms with Gasteiger partial charge in [-0.05, 0) is 63.8 Å². The number of aromatic nitrogens is 1. The molecule has 1 aliphatic heterocycles. The van der Waals surface area contributed by atoms with Crippen molar-refractivity contribution in [1.82, 2.24) is 15.6 Å². The lowest BCUT2D eigenvalue weighted by molar-refractivity contribution is -0.119. The minimum absolute atomic E-state index is 0.0165. The normalized spacial score (nSPS) is 20.8. The number of halogens is 1. The van der Waals surface area contributed by atoms with E-state index in [1.165, 1.54) is 25.1 Å². The number of carbonyl (C=O) groups excluding carboxylic acids is 3. The zero-order valence-corrected chi connectivity index (χ0v) is 18.8. The molecule has 0 unspecified atom stereocenters. The Morgan fingerprint density at radius 3 is 2.45 bits per heavy atom. The van der Waals surface area contributed by atoms with E-state index >= 15 is 0 Å². The van der Waals surface area contributed by atoms with E-state index in [-0.39, 0.29) is 23.9 Å². The van der Waals surface area contributed by atoms with Gasteiger partial charge in [0.05, 0.1) is 11.3 Å². The summed E-state index contributed by atoms with van der Waals surface area (Å²) in [6, 6.07) is 4.27. The van der Waals surface area contributed by atoms with Crippen molar-refractivity contribution in [2.24, 2.45) is 0 Å². The van der Waals surface area contributed by atoms with Crippen molar-refractivity contribution >= 4 is 35.2 Å². The first kappa shape index (κ1) is 22.6. The highest BCUT2D eigenvalue weighted by molar-refractivity contribution is 6.34. The van der Waals surface area contributed by atoms with Gasteiger partial charge in [-0.1, -0.05) is 0 Å². The number of amides is 3. The highest BCUT2D eigenvalue weighted by Gasteiger charge is 2.27. The topological polar surface area (TPSA) is 112 Å². The van der Waals surface area contributed by atoms with E-state index in [1.807, 2.05) is 0 Å². The molecule has 1 aromatic heterocycles. The average molecular weight is 455 g/mol. The number of hydrogen-bond donors (Lipinski definition) is 4. The number of carbonyl (C=O) groups is 3. The molecule has 2 aliphatic rings. The highest BCUT2D eigenvalue weighted by atomic mass is 19.1. The van der Waals surface area contributed by atoms with Gasteiger partial charge in [-0.3, -0.25) is 9.59 Å². The van der Waals surface area contributed by atoms with E-state index in [4.69, 9.17) is 4.74 Å². The van der Waals surface area contributed by atoms with Crippen LogP contribution in [0.25, 0.3) is 11.6 Å². The maximum absolute atomic E-state index is 13.7. The Kier molecular flexibility index (Phi) is 6.22. The van der Waals surface area contributed by atoms with Crippen LogP contribution in [-0.2, 0) is 9.59 Å².